The molecular formula is C27H32N2O6. The molecule has 2 heterocycles. The summed E-state index contributed by atoms with van der Waals surface area (Å²) in [7, 11) is 3.09. The van der Waals surface area contributed by atoms with Gasteiger partial charge in [0.15, 0.2) is 0 Å². The molecule has 186 valence electrons. The van der Waals surface area contributed by atoms with Crippen molar-refractivity contribution >= 4 is 17.8 Å². The summed E-state index contributed by atoms with van der Waals surface area (Å²) in [6, 6.07) is 12.0. The van der Waals surface area contributed by atoms with E-state index in [1.165, 1.54) is 12.0 Å². The molecule has 2 aliphatic rings. The highest BCUT2D eigenvalue weighted by molar-refractivity contribution is 6.09. The molecule has 0 saturated carbocycles. The van der Waals surface area contributed by atoms with Gasteiger partial charge in [0.2, 0.25) is 11.8 Å². The fourth-order valence-corrected chi connectivity index (χ4v) is 5.65. The molecule has 4 unspecified atom stereocenters. The minimum absolute atomic E-state index is 0.0684. The largest absolute Gasteiger partial charge is 0.496 e. The zero-order valence-electron chi connectivity index (χ0n) is 20.5. The van der Waals surface area contributed by atoms with Gasteiger partial charge in [-0.3, -0.25) is 24.6 Å². The molecule has 4 atom stereocenters. The molecule has 0 aliphatic carbocycles. The Morgan fingerprint density at radius 1 is 1.09 bits per heavy atom. The van der Waals surface area contributed by atoms with E-state index in [4.69, 9.17) is 9.47 Å². The van der Waals surface area contributed by atoms with Gasteiger partial charge in [-0.1, -0.05) is 49.7 Å². The van der Waals surface area contributed by atoms with E-state index < -0.39 is 35.3 Å². The summed E-state index contributed by atoms with van der Waals surface area (Å²) in [6.45, 7) is 4.11. The molecular weight excluding hydrogens is 448 g/mol. The van der Waals surface area contributed by atoms with Gasteiger partial charge in [-0.15, -0.1) is 0 Å². The van der Waals surface area contributed by atoms with Gasteiger partial charge in [0.05, 0.1) is 26.1 Å². The number of aliphatic carboxylic acids is 1. The van der Waals surface area contributed by atoms with E-state index in [1.54, 1.807) is 19.2 Å². The van der Waals surface area contributed by atoms with E-state index in [0.29, 0.717) is 23.5 Å². The lowest BCUT2D eigenvalue weighted by Crippen LogP contribution is -2.57. The number of carbonyl (C=O) groups excluding carboxylic acids is 2. The summed E-state index contributed by atoms with van der Waals surface area (Å²) >= 11 is 0. The highest BCUT2D eigenvalue weighted by Gasteiger charge is 2.68. The van der Waals surface area contributed by atoms with Crippen LogP contribution < -0.4 is 14.8 Å². The number of rotatable bonds is 9. The van der Waals surface area contributed by atoms with Crippen LogP contribution in [0.1, 0.15) is 42.5 Å². The minimum Gasteiger partial charge on any atom is -0.496 e. The van der Waals surface area contributed by atoms with Crippen molar-refractivity contribution in [3.63, 3.8) is 0 Å². The molecule has 2 fully saturated rings. The first-order valence-corrected chi connectivity index (χ1v) is 11.9. The normalized spacial score (nSPS) is 25.6. The number of fused-ring (bicyclic) bond motifs is 1. The second-order valence-corrected chi connectivity index (χ2v) is 9.26. The molecule has 0 aromatic heterocycles. The molecule has 8 heteroatoms. The number of hydrogen-bond acceptors (Lipinski definition) is 6. The first-order valence-electron chi connectivity index (χ1n) is 11.9. The Morgan fingerprint density at radius 2 is 1.80 bits per heavy atom. The van der Waals surface area contributed by atoms with E-state index >= 15 is 0 Å². The Kier molecular flexibility index (Phi) is 6.85. The molecule has 0 spiro atoms. The predicted molar refractivity (Wildman–Crippen MR) is 129 cm³/mol. The van der Waals surface area contributed by atoms with Crippen molar-refractivity contribution in [1.82, 2.24) is 10.2 Å². The number of hydrogen-bond donors (Lipinski definition) is 2. The third-order valence-corrected chi connectivity index (χ3v) is 7.33. The van der Waals surface area contributed by atoms with Gasteiger partial charge in [-0.25, -0.2) is 0 Å². The number of likely N-dealkylation sites (tertiary alicyclic amines) is 1. The number of carbonyl (C=O) groups is 3. The Morgan fingerprint density at radius 3 is 2.40 bits per heavy atom. The molecule has 0 radical (unpaired) electrons. The van der Waals surface area contributed by atoms with Gasteiger partial charge in [0.1, 0.15) is 17.0 Å². The molecule has 4 rings (SSSR count). The van der Waals surface area contributed by atoms with Crippen molar-refractivity contribution in [3.05, 3.63) is 59.2 Å². The molecule has 0 bridgehead atoms. The lowest BCUT2D eigenvalue weighted by Gasteiger charge is -2.31. The van der Waals surface area contributed by atoms with Crippen molar-refractivity contribution < 1.29 is 29.0 Å². The van der Waals surface area contributed by atoms with Crippen LogP contribution in [-0.2, 0) is 20.8 Å². The summed E-state index contributed by atoms with van der Waals surface area (Å²) < 4.78 is 11.1. The summed E-state index contributed by atoms with van der Waals surface area (Å²) in [4.78, 5) is 41.5. The van der Waals surface area contributed by atoms with Gasteiger partial charge in [0, 0.05) is 30.1 Å². The Labute approximate surface area is 205 Å². The molecule has 2 aromatic carbocycles. The molecule has 2 saturated heterocycles. The number of nitrogens with zero attached hydrogens (tertiary/aromatic N) is 1. The second-order valence-electron chi connectivity index (χ2n) is 9.26. The number of unbranched alkanes of at least 4 members (excludes halogenated alkanes) is 1. The lowest BCUT2D eigenvalue weighted by atomic mass is 9.76. The fourth-order valence-electron chi connectivity index (χ4n) is 5.65. The molecule has 35 heavy (non-hydrogen) atoms. The van der Waals surface area contributed by atoms with Crippen LogP contribution in [0.4, 0.5) is 0 Å². The Balaban J connectivity index is 1.88. The third-order valence-electron chi connectivity index (χ3n) is 7.33. The first kappa shape index (κ1) is 24.7. The zero-order valence-corrected chi connectivity index (χ0v) is 20.5. The summed E-state index contributed by atoms with van der Waals surface area (Å²) in [5.74, 6) is -2.69. The summed E-state index contributed by atoms with van der Waals surface area (Å²) in [6.07, 6.45) is 1.55. The van der Waals surface area contributed by atoms with E-state index in [2.05, 4.69) is 5.32 Å². The van der Waals surface area contributed by atoms with Crippen LogP contribution in [0.25, 0.3) is 0 Å². The van der Waals surface area contributed by atoms with Gasteiger partial charge in [-0.2, -0.15) is 0 Å². The van der Waals surface area contributed by atoms with Crippen molar-refractivity contribution in [2.75, 3.05) is 20.8 Å². The van der Waals surface area contributed by atoms with Crippen molar-refractivity contribution in [3.8, 4) is 11.5 Å². The average molecular weight is 481 g/mol. The van der Waals surface area contributed by atoms with Crippen LogP contribution in [0.15, 0.2) is 42.5 Å². The van der Waals surface area contributed by atoms with Crippen molar-refractivity contribution in [2.24, 2.45) is 11.8 Å². The SMILES string of the molecule is CCCCN1C(=O)C2C(c3ccc(OC)c(C)c3OC)NC(Cc3ccccc3)(C(=O)O)C2C1=O. The minimum atomic E-state index is -1.65. The van der Waals surface area contributed by atoms with Gasteiger partial charge < -0.3 is 14.6 Å². The second kappa shape index (κ2) is 9.70. The highest BCUT2D eigenvalue weighted by Crippen LogP contribution is 2.52. The number of ether oxygens (including phenoxy) is 2. The maximum absolute atomic E-state index is 13.7. The third kappa shape index (κ3) is 3.95. The van der Waals surface area contributed by atoms with Crippen LogP contribution in [0.5, 0.6) is 11.5 Å². The lowest BCUT2D eigenvalue weighted by molar-refractivity contribution is -0.151. The summed E-state index contributed by atoms with van der Waals surface area (Å²) in [5, 5.41) is 13.8. The van der Waals surface area contributed by atoms with Crippen LogP contribution >= 0.6 is 0 Å². The molecule has 8 nitrogen and oxygen atoms in total. The van der Waals surface area contributed by atoms with Crippen molar-refractivity contribution in [1.29, 1.82) is 0 Å². The number of imide groups is 1. The van der Waals surface area contributed by atoms with E-state index in [1.807, 2.05) is 44.2 Å². The van der Waals surface area contributed by atoms with Gasteiger partial charge >= 0.3 is 5.97 Å². The average Bonchev–Trinajstić information content (AvgIpc) is 3.32. The smallest absolute Gasteiger partial charge is 0.325 e. The molecule has 2 amide bonds. The number of methoxy groups -OCH3 is 2. The predicted octanol–water partition coefficient (Wildman–Crippen LogP) is 3.12. The van der Waals surface area contributed by atoms with Gasteiger partial charge in [-0.05, 0) is 25.0 Å². The van der Waals surface area contributed by atoms with Gasteiger partial charge in [0.25, 0.3) is 0 Å². The summed E-state index contributed by atoms with van der Waals surface area (Å²) in [5.41, 5.74) is 0.493. The van der Waals surface area contributed by atoms with Crippen molar-refractivity contribution in [2.45, 2.75) is 44.7 Å². The monoisotopic (exact) mass is 480 g/mol. The maximum Gasteiger partial charge on any atom is 0.325 e. The number of carboxylic acid groups (broad SMARTS) is 1. The zero-order chi connectivity index (χ0) is 25.3. The van der Waals surface area contributed by atoms with E-state index in [-0.39, 0.29) is 18.9 Å². The van der Waals surface area contributed by atoms with Crippen LogP contribution in [0.2, 0.25) is 0 Å². The molecule has 2 aliphatic heterocycles. The number of carboxylic acids is 1. The van der Waals surface area contributed by atoms with E-state index in [9.17, 15) is 19.5 Å². The standard InChI is InChI=1S/C27H32N2O6/c1-5-6-14-29-24(30)20-21(25(29)31)27(26(32)33,15-17-10-8-7-9-11-17)28-22(20)18-12-13-19(34-3)16(2)23(18)35-4/h7-13,20-22,28H,5-6,14-15H2,1-4H3,(H,32,33). The van der Waals surface area contributed by atoms with Crippen LogP contribution in [0.3, 0.4) is 0 Å². The number of benzene rings is 2. The topological polar surface area (TPSA) is 105 Å². The maximum atomic E-state index is 13.7. The van der Waals surface area contributed by atoms with E-state index in [0.717, 1.165) is 17.5 Å². The quantitative estimate of drug-likeness (QED) is 0.531. The first-order chi connectivity index (χ1) is 16.8. The molecule has 2 aromatic rings. The molecule has 2 N–H and O–H groups in total. The Hall–Kier alpha value is -3.39. The highest BCUT2D eigenvalue weighted by atomic mass is 16.5. The number of nitrogens with one attached hydrogen (secondary N) is 1. The van der Waals surface area contributed by atoms with Crippen LogP contribution in [-0.4, -0.2) is 54.1 Å². The van der Waals surface area contributed by atoms with Crippen LogP contribution in [0, 0.1) is 18.8 Å². The Bertz CT molecular complexity index is 1130. The number of amides is 2. The fraction of sp³-hybridized carbons (Fsp3) is 0.444.